The van der Waals surface area contributed by atoms with E-state index in [-0.39, 0.29) is 47.5 Å². The van der Waals surface area contributed by atoms with Crippen molar-refractivity contribution in [2.24, 2.45) is 0 Å². The van der Waals surface area contributed by atoms with E-state index in [4.69, 9.17) is 9.47 Å². The Morgan fingerprint density at radius 1 is 0.571 bits per heavy atom. The quantitative estimate of drug-likeness (QED) is 0.385. The van der Waals surface area contributed by atoms with Crippen molar-refractivity contribution in [1.82, 2.24) is 29.0 Å². The van der Waals surface area contributed by atoms with Crippen LogP contribution in [0.4, 0.5) is 9.59 Å². The molecule has 0 aromatic carbocycles. The van der Waals surface area contributed by atoms with E-state index < -0.39 is 34.7 Å². The first-order valence-electron chi connectivity index (χ1n) is 16.1. The van der Waals surface area contributed by atoms with E-state index in [1.54, 1.807) is 28.0 Å². The monoisotopic (exact) mass is 806 g/mol. The maximum Gasteiger partial charge on any atom is 0.410 e. The van der Waals surface area contributed by atoms with Crippen LogP contribution in [0.15, 0.2) is 0 Å². The number of piperazine rings is 3. The lowest BCUT2D eigenvalue weighted by Gasteiger charge is -2.34. The van der Waals surface area contributed by atoms with Gasteiger partial charge in [-0.15, -0.1) is 12.4 Å². The summed E-state index contributed by atoms with van der Waals surface area (Å²) in [6, 6.07) is 0. The normalized spacial score (nSPS) is 18.2. The summed E-state index contributed by atoms with van der Waals surface area (Å²) in [6.45, 7) is 23.3. The largest absolute Gasteiger partial charge is 0.444 e. The number of hydrogen-bond donors (Lipinski definition) is 2. The molecule has 3 aliphatic heterocycles. The van der Waals surface area contributed by atoms with E-state index in [9.17, 15) is 34.8 Å². The third-order valence-corrected chi connectivity index (χ3v) is 11.7. The number of amides is 2. The molecule has 21 heteroatoms. The van der Waals surface area contributed by atoms with Crippen LogP contribution in [0.5, 0.6) is 0 Å². The van der Waals surface area contributed by atoms with Crippen molar-refractivity contribution in [3.63, 3.8) is 0 Å². The molecule has 2 N–H and O–H groups in total. The van der Waals surface area contributed by atoms with Crippen molar-refractivity contribution in [2.45, 2.75) is 73.5 Å². The van der Waals surface area contributed by atoms with Gasteiger partial charge in [-0.05, 0) is 55.4 Å². The van der Waals surface area contributed by atoms with E-state index in [1.165, 1.54) is 11.2 Å². The molecular formula is C28H60Cl2N6O10S3. The molecule has 0 spiro atoms. The second-order valence-corrected chi connectivity index (χ2v) is 20.4. The lowest BCUT2D eigenvalue weighted by Crippen LogP contribution is -2.51. The standard InChI is InChI=1S/C11H22N2O4S.C9H18N2O2.C6H14N2O2S.C2H5ClO2S.ClH/c1-5-18(15,16)13-8-6-12(7-9-13)10(14)17-11(2,3)4;1-9(2,3)13-8(12)11-6-4-10-5-7-11;1-2-11(9,10)8-5-3-7-4-6-8;1-2-6(3,4)5;/h5-9H2,1-4H3;10H,4-7H2,1-3H3;7H,2-6H2,1H3;2H2,1H3;1H. The smallest absolute Gasteiger partial charge is 0.410 e. The molecule has 0 saturated carbocycles. The molecule has 0 aliphatic carbocycles. The Balaban J connectivity index is 0. The zero-order valence-electron chi connectivity index (χ0n) is 30.5. The summed E-state index contributed by atoms with van der Waals surface area (Å²) < 4.78 is 78.8. The molecule has 0 aromatic rings. The van der Waals surface area contributed by atoms with Gasteiger partial charge in [0.1, 0.15) is 11.2 Å². The first kappa shape index (κ1) is 49.9. The van der Waals surface area contributed by atoms with E-state index in [0.29, 0.717) is 39.3 Å². The summed E-state index contributed by atoms with van der Waals surface area (Å²) in [4.78, 5) is 26.6. The zero-order chi connectivity index (χ0) is 37.4. The Morgan fingerprint density at radius 2 is 0.857 bits per heavy atom. The first-order valence-corrected chi connectivity index (χ1v) is 21.8. The maximum atomic E-state index is 11.8. The molecule has 0 unspecified atom stereocenters. The number of hydrogen-bond acceptors (Lipinski definition) is 12. The Hall–Kier alpha value is -1.19. The predicted molar refractivity (Wildman–Crippen MR) is 196 cm³/mol. The fourth-order valence-corrected chi connectivity index (χ4v) is 6.13. The van der Waals surface area contributed by atoms with Crippen LogP contribution >= 0.6 is 23.1 Å². The van der Waals surface area contributed by atoms with Gasteiger partial charge in [0.15, 0.2) is 0 Å². The third kappa shape index (κ3) is 23.1. The van der Waals surface area contributed by atoms with Crippen LogP contribution in [0, 0.1) is 0 Å². The van der Waals surface area contributed by atoms with Gasteiger partial charge < -0.3 is 29.9 Å². The fraction of sp³-hybridized carbons (Fsp3) is 0.929. The summed E-state index contributed by atoms with van der Waals surface area (Å²) in [5.74, 6) is 0.320. The van der Waals surface area contributed by atoms with Gasteiger partial charge in [0.2, 0.25) is 29.1 Å². The molecule has 3 heterocycles. The second-order valence-electron chi connectivity index (χ2n) is 12.9. The number of carbonyl (C=O) groups excluding carboxylic acids is 2. The van der Waals surface area contributed by atoms with Crippen molar-refractivity contribution >= 4 is 64.4 Å². The Labute approximate surface area is 305 Å². The van der Waals surface area contributed by atoms with Crippen molar-refractivity contribution in [2.75, 3.05) is 95.8 Å². The second kappa shape index (κ2) is 22.7. The average Bonchev–Trinajstić information content (AvgIpc) is 3.01. The molecule has 0 aromatic heterocycles. The van der Waals surface area contributed by atoms with Crippen molar-refractivity contribution in [1.29, 1.82) is 0 Å². The average molecular weight is 808 g/mol. The Kier molecular flexibility index (Phi) is 23.1. The Bertz CT molecular complexity index is 1290. The highest BCUT2D eigenvalue weighted by Crippen LogP contribution is 2.14. The molecule has 294 valence electrons. The van der Waals surface area contributed by atoms with Crippen LogP contribution in [0.25, 0.3) is 0 Å². The number of halogens is 2. The van der Waals surface area contributed by atoms with E-state index >= 15 is 0 Å². The maximum absolute atomic E-state index is 11.8. The first-order chi connectivity index (χ1) is 21.9. The van der Waals surface area contributed by atoms with Crippen LogP contribution < -0.4 is 10.6 Å². The number of nitrogens with zero attached hydrogens (tertiary/aromatic N) is 4. The van der Waals surface area contributed by atoms with Gasteiger partial charge in [0.05, 0.1) is 17.3 Å². The highest BCUT2D eigenvalue weighted by molar-refractivity contribution is 8.13. The molecular weight excluding hydrogens is 747 g/mol. The molecule has 3 rings (SSSR count). The minimum Gasteiger partial charge on any atom is -0.444 e. The minimum atomic E-state index is -3.19. The van der Waals surface area contributed by atoms with Crippen LogP contribution in [0.1, 0.15) is 62.3 Å². The summed E-state index contributed by atoms with van der Waals surface area (Å²) in [5, 5.41) is 6.29. The third-order valence-electron chi connectivity index (χ3n) is 6.60. The van der Waals surface area contributed by atoms with Gasteiger partial charge in [-0.25, -0.2) is 34.8 Å². The topological polar surface area (TPSA) is 192 Å². The molecule has 3 aliphatic rings. The summed E-state index contributed by atoms with van der Waals surface area (Å²) in [5.41, 5.74) is -0.911. The van der Waals surface area contributed by atoms with Crippen LogP contribution in [0.2, 0.25) is 0 Å². The molecule has 49 heavy (non-hydrogen) atoms. The summed E-state index contributed by atoms with van der Waals surface area (Å²) >= 11 is 0. The van der Waals surface area contributed by atoms with E-state index in [2.05, 4.69) is 21.3 Å². The number of sulfonamides is 2. The van der Waals surface area contributed by atoms with E-state index in [1.807, 2.05) is 41.5 Å². The highest BCUT2D eigenvalue weighted by Gasteiger charge is 2.30. The van der Waals surface area contributed by atoms with Crippen molar-refractivity contribution < 1.29 is 44.3 Å². The summed E-state index contributed by atoms with van der Waals surface area (Å²) in [7, 11) is -4.58. The van der Waals surface area contributed by atoms with Gasteiger partial charge >= 0.3 is 12.2 Å². The molecule has 2 amide bonds. The lowest BCUT2D eigenvalue weighted by atomic mass is 10.2. The predicted octanol–water partition coefficient (Wildman–Crippen LogP) is 1.95. The molecule has 3 saturated heterocycles. The molecule has 0 radical (unpaired) electrons. The van der Waals surface area contributed by atoms with Crippen LogP contribution in [-0.4, -0.2) is 163 Å². The molecule has 3 fully saturated rings. The minimum absolute atomic E-state index is 0. The van der Waals surface area contributed by atoms with Gasteiger partial charge in [-0.2, -0.15) is 8.61 Å². The van der Waals surface area contributed by atoms with Crippen LogP contribution in [0.3, 0.4) is 0 Å². The van der Waals surface area contributed by atoms with Gasteiger partial charge in [-0.3, -0.25) is 0 Å². The number of nitrogens with one attached hydrogen (secondary N) is 2. The number of ether oxygens (including phenoxy) is 2. The van der Waals surface area contributed by atoms with Gasteiger partial charge in [-0.1, -0.05) is 6.92 Å². The molecule has 0 atom stereocenters. The number of carbonyl (C=O) groups is 2. The molecule has 0 bridgehead atoms. The van der Waals surface area contributed by atoms with Crippen LogP contribution in [-0.2, 0) is 38.6 Å². The number of rotatable bonds is 5. The van der Waals surface area contributed by atoms with Gasteiger partial charge in [0, 0.05) is 89.2 Å². The van der Waals surface area contributed by atoms with Crippen molar-refractivity contribution in [3.05, 3.63) is 0 Å². The molecule has 16 nitrogen and oxygen atoms in total. The highest BCUT2D eigenvalue weighted by atomic mass is 35.7. The van der Waals surface area contributed by atoms with Crippen molar-refractivity contribution in [3.8, 4) is 0 Å². The van der Waals surface area contributed by atoms with Gasteiger partial charge in [0.25, 0.3) is 0 Å². The Morgan fingerprint density at radius 3 is 1.14 bits per heavy atom. The lowest BCUT2D eigenvalue weighted by molar-refractivity contribution is 0.0190. The fourth-order valence-electron chi connectivity index (χ4n) is 3.94. The summed E-state index contributed by atoms with van der Waals surface area (Å²) in [6.07, 6.45) is -0.579. The SMILES string of the molecule is CC(C)(C)OC(=O)N1CCNCC1.CCS(=O)(=O)Cl.CCS(=O)(=O)N1CCN(C(=O)OC(C)(C)C)CC1.CCS(=O)(=O)N1CCNCC1.Cl. The zero-order valence-corrected chi connectivity index (χ0v) is 34.5. The van der Waals surface area contributed by atoms with E-state index in [0.717, 1.165) is 39.3 Å².